The van der Waals surface area contributed by atoms with Gasteiger partial charge in [-0.2, -0.15) is 0 Å². The first kappa shape index (κ1) is 17.7. The third-order valence-electron chi connectivity index (χ3n) is 2.45. The molecule has 114 valence electrons. The van der Waals surface area contributed by atoms with E-state index in [0.717, 1.165) is 10.2 Å². The topological polar surface area (TPSA) is 50.7 Å². The van der Waals surface area contributed by atoms with Crippen LogP contribution in [0.3, 0.4) is 0 Å². The molecule has 0 spiro atoms. The summed E-state index contributed by atoms with van der Waals surface area (Å²) in [6, 6.07) is 5.55. The zero-order valence-electron chi connectivity index (χ0n) is 11.7. The van der Waals surface area contributed by atoms with E-state index in [2.05, 4.69) is 21.2 Å². The van der Waals surface area contributed by atoms with Gasteiger partial charge in [-0.15, -0.1) is 0 Å². The van der Waals surface area contributed by atoms with Crippen LogP contribution < -0.4 is 5.32 Å². The Balaban J connectivity index is 2.18. The predicted octanol–water partition coefficient (Wildman–Crippen LogP) is 3.32. The van der Waals surface area contributed by atoms with E-state index in [-0.39, 0.29) is 12.7 Å². The Bertz CT molecular complexity index is 404. The van der Waals surface area contributed by atoms with Crippen LogP contribution in [0, 0.1) is 0 Å². The smallest absolute Gasteiger partial charge is 0.0945 e. The second kappa shape index (κ2) is 9.58. The number of anilines is 1. The molecule has 0 radical (unpaired) electrons. The van der Waals surface area contributed by atoms with Crippen LogP contribution in [0.5, 0.6) is 0 Å². The number of nitrogens with one attached hydrogen (secondary N) is 1. The minimum Gasteiger partial charge on any atom is -0.389 e. The highest BCUT2D eigenvalue weighted by Gasteiger charge is 2.06. The number of hydrogen-bond donors (Lipinski definition) is 2. The summed E-state index contributed by atoms with van der Waals surface area (Å²) in [6.07, 6.45) is -0.390. The first-order valence-corrected chi connectivity index (χ1v) is 7.72. The molecule has 2 N–H and O–H groups in total. The molecule has 1 atom stereocenters. The number of aliphatic hydroxyl groups is 1. The number of rotatable bonds is 9. The zero-order chi connectivity index (χ0) is 15.0. The van der Waals surface area contributed by atoms with Crippen LogP contribution in [0.4, 0.5) is 5.69 Å². The summed E-state index contributed by atoms with van der Waals surface area (Å²) in [7, 11) is 0. The molecule has 6 heteroatoms. The van der Waals surface area contributed by atoms with Crippen LogP contribution in [0.25, 0.3) is 0 Å². The number of aliphatic hydroxyl groups excluding tert-OH is 1. The van der Waals surface area contributed by atoms with Crippen molar-refractivity contribution in [2.45, 2.75) is 26.1 Å². The van der Waals surface area contributed by atoms with Crippen molar-refractivity contribution in [1.29, 1.82) is 0 Å². The maximum Gasteiger partial charge on any atom is 0.0945 e. The second-order valence-electron chi connectivity index (χ2n) is 4.65. The SMILES string of the molecule is CC(C)OCCOCC(O)CNc1ccc(Br)cc1Cl. The van der Waals surface area contributed by atoms with Gasteiger partial charge in [0, 0.05) is 11.0 Å². The van der Waals surface area contributed by atoms with E-state index in [4.69, 9.17) is 21.1 Å². The highest BCUT2D eigenvalue weighted by atomic mass is 79.9. The Morgan fingerprint density at radius 3 is 2.75 bits per heavy atom. The molecule has 0 amide bonds. The maximum atomic E-state index is 9.78. The van der Waals surface area contributed by atoms with E-state index < -0.39 is 6.10 Å². The molecule has 0 aliphatic heterocycles. The van der Waals surface area contributed by atoms with Gasteiger partial charge in [-0.1, -0.05) is 27.5 Å². The van der Waals surface area contributed by atoms with Gasteiger partial charge in [-0.3, -0.25) is 0 Å². The fourth-order valence-electron chi connectivity index (χ4n) is 1.48. The lowest BCUT2D eigenvalue weighted by atomic mass is 10.3. The Morgan fingerprint density at radius 1 is 1.35 bits per heavy atom. The molecule has 0 heterocycles. The fourth-order valence-corrected chi connectivity index (χ4v) is 2.22. The Labute approximate surface area is 133 Å². The Morgan fingerprint density at radius 2 is 2.10 bits per heavy atom. The molecule has 1 aromatic carbocycles. The van der Waals surface area contributed by atoms with Crippen molar-refractivity contribution in [1.82, 2.24) is 0 Å². The maximum absolute atomic E-state index is 9.78. The second-order valence-corrected chi connectivity index (χ2v) is 5.98. The van der Waals surface area contributed by atoms with Gasteiger partial charge in [0.2, 0.25) is 0 Å². The van der Waals surface area contributed by atoms with Crippen molar-refractivity contribution in [3.05, 3.63) is 27.7 Å². The van der Waals surface area contributed by atoms with Crippen LogP contribution in [0.2, 0.25) is 5.02 Å². The van der Waals surface area contributed by atoms with E-state index >= 15 is 0 Å². The van der Waals surface area contributed by atoms with E-state index in [1.807, 2.05) is 26.0 Å². The van der Waals surface area contributed by atoms with Crippen molar-refractivity contribution in [3.8, 4) is 0 Å². The van der Waals surface area contributed by atoms with E-state index in [1.54, 1.807) is 6.07 Å². The van der Waals surface area contributed by atoms with Crippen molar-refractivity contribution in [2.75, 3.05) is 31.7 Å². The Kier molecular flexibility index (Phi) is 8.49. The first-order valence-electron chi connectivity index (χ1n) is 6.55. The lowest BCUT2D eigenvalue weighted by molar-refractivity contribution is -0.00734. The summed E-state index contributed by atoms with van der Waals surface area (Å²) >= 11 is 9.41. The highest BCUT2D eigenvalue weighted by Crippen LogP contribution is 2.25. The normalized spacial score (nSPS) is 12.7. The van der Waals surface area contributed by atoms with Crippen molar-refractivity contribution < 1.29 is 14.6 Å². The molecule has 20 heavy (non-hydrogen) atoms. The molecule has 0 saturated carbocycles. The van der Waals surface area contributed by atoms with Gasteiger partial charge in [0.15, 0.2) is 0 Å². The minimum absolute atomic E-state index is 0.199. The van der Waals surface area contributed by atoms with E-state index in [0.29, 0.717) is 24.8 Å². The van der Waals surface area contributed by atoms with Crippen LogP contribution in [-0.2, 0) is 9.47 Å². The summed E-state index contributed by atoms with van der Waals surface area (Å²) in [5.74, 6) is 0. The summed E-state index contributed by atoms with van der Waals surface area (Å²) in [5.41, 5.74) is 0.789. The number of ether oxygens (including phenoxy) is 2. The van der Waals surface area contributed by atoms with Gasteiger partial charge in [-0.05, 0) is 32.0 Å². The summed E-state index contributed by atoms with van der Waals surface area (Å²) < 4.78 is 11.6. The molecule has 1 unspecified atom stereocenters. The van der Waals surface area contributed by atoms with Crippen molar-refractivity contribution in [3.63, 3.8) is 0 Å². The van der Waals surface area contributed by atoms with Gasteiger partial charge >= 0.3 is 0 Å². The minimum atomic E-state index is -0.589. The molecule has 0 aliphatic carbocycles. The lowest BCUT2D eigenvalue weighted by Crippen LogP contribution is -2.26. The standard InChI is InChI=1S/C14H21BrClNO3/c1-10(2)20-6-5-19-9-12(18)8-17-14-4-3-11(15)7-13(14)16/h3-4,7,10,12,17-18H,5-6,8-9H2,1-2H3. The first-order chi connectivity index (χ1) is 9.49. The average molecular weight is 367 g/mol. The van der Waals surface area contributed by atoms with Crippen LogP contribution in [-0.4, -0.2) is 43.7 Å². The van der Waals surface area contributed by atoms with Gasteiger partial charge in [0.1, 0.15) is 0 Å². The zero-order valence-corrected chi connectivity index (χ0v) is 14.1. The van der Waals surface area contributed by atoms with Crippen LogP contribution in [0.1, 0.15) is 13.8 Å². The highest BCUT2D eigenvalue weighted by molar-refractivity contribution is 9.10. The lowest BCUT2D eigenvalue weighted by Gasteiger charge is -2.14. The third kappa shape index (κ3) is 7.45. The predicted molar refractivity (Wildman–Crippen MR) is 85.6 cm³/mol. The van der Waals surface area contributed by atoms with Crippen molar-refractivity contribution in [2.24, 2.45) is 0 Å². The quantitative estimate of drug-likeness (QED) is 0.658. The molecule has 0 saturated heterocycles. The molecule has 0 bridgehead atoms. The van der Waals surface area contributed by atoms with Gasteiger partial charge in [0.25, 0.3) is 0 Å². The molecule has 1 aromatic rings. The molecular weight excluding hydrogens is 346 g/mol. The number of benzene rings is 1. The molecule has 4 nitrogen and oxygen atoms in total. The monoisotopic (exact) mass is 365 g/mol. The number of hydrogen-bond acceptors (Lipinski definition) is 4. The summed E-state index contributed by atoms with van der Waals surface area (Å²) in [5, 5.41) is 13.5. The largest absolute Gasteiger partial charge is 0.389 e. The summed E-state index contributed by atoms with van der Waals surface area (Å²) in [4.78, 5) is 0. The van der Waals surface area contributed by atoms with Crippen molar-refractivity contribution >= 4 is 33.2 Å². The van der Waals surface area contributed by atoms with Crippen LogP contribution >= 0.6 is 27.5 Å². The van der Waals surface area contributed by atoms with Gasteiger partial charge in [0.05, 0.1) is 42.7 Å². The summed E-state index contributed by atoms with van der Waals surface area (Å²) in [6.45, 7) is 5.61. The van der Waals surface area contributed by atoms with Gasteiger partial charge in [-0.25, -0.2) is 0 Å². The fraction of sp³-hybridized carbons (Fsp3) is 0.571. The molecule has 0 aromatic heterocycles. The molecule has 0 fully saturated rings. The van der Waals surface area contributed by atoms with E-state index in [1.165, 1.54) is 0 Å². The average Bonchev–Trinajstić information content (AvgIpc) is 2.37. The van der Waals surface area contributed by atoms with Crippen LogP contribution in [0.15, 0.2) is 22.7 Å². The molecular formula is C14H21BrClNO3. The van der Waals surface area contributed by atoms with Gasteiger partial charge < -0.3 is 19.9 Å². The molecule has 0 aliphatic rings. The molecule has 1 rings (SSSR count). The van der Waals surface area contributed by atoms with E-state index in [9.17, 15) is 5.11 Å². The number of halogens is 2. The Hall–Kier alpha value is -0.330. The third-order valence-corrected chi connectivity index (χ3v) is 3.25.